The van der Waals surface area contributed by atoms with Crippen LogP contribution in [0.4, 0.5) is 0 Å². The Balaban J connectivity index is 1.93. The van der Waals surface area contributed by atoms with Crippen molar-refractivity contribution < 1.29 is 4.79 Å². The van der Waals surface area contributed by atoms with Gasteiger partial charge in [-0.05, 0) is 57.2 Å². The summed E-state index contributed by atoms with van der Waals surface area (Å²) in [7, 11) is 0. The number of nitrogens with zero attached hydrogens (tertiary/aromatic N) is 1. The van der Waals surface area contributed by atoms with E-state index in [1.54, 1.807) is 0 Å². The van der Waals surface area contributed by atoms with Crippen molar-refractivity contribution in [3.05, 3.63) is 12.2 Å². The number of allylic oxidation sites excluding steroid dienone is 2. The largest absolute Gasteiger partial charge is 0.369 e. The smallest absolute Gasteiger partial charge is 0.224 e. The molecule has 18 heavy (non-hydrogen) atoms. The van der Waals surface area contributed by atoms with Crippen molar-refractivity contribution in [2.75, 3.05) is 19.6 Å². The Morgan fingerprint density at radius 2 is 2.11 bits per heavy atom. The van der Waals surface area contributed by atoms with Crippen LogP contribution >= 0.6 is 0 Å². The normalized spacial score (nSPS) is 33.5. The summed E-state index contributed by atoms with van der Waals surface area (Å²) in [6.45, 7) is 7.64. The molecular formula is C15H26N2O. The third-order valence-electron chi connectivity index (χ3n) is 4.99. The standard InChI is InChI=1S/C15H26N2O/c1-3-17(4-2)9-5-8-15(14(16)18)11-12-6-7-13(15)10-12/h6-7,12-13H,3-5,8-11H2,1-2H3,(H2,16,18)/t12-,13-,15-/m0/s1. The quantitative estimate of drug-likeness (QED) is 0.704. The molecule has 2 bridgehead atoms. The van der Waals surface area contributed by atoms with E-state index in [-0.39, 0.29) is 11.3 Å². The Hall–Kier alpha value is -0.830. The van der Waals surface area contributed by atoms with Crippen molar-refractivity contribution in [2.24, 2.45) is 23.0 Å². The van der Waals surface area contributed by atoms with E-state index >= 15 is 0 Å². The number of carbonyl (C=O) groups is 1. The lowest BCUT2D eigenvalue weighted by Gasteiger charge is -2.33. The number of amides is 1. The maximum atomic E-state index is 11.9. The first kappa shape index (κ1) is 13.6. The Labute approximate surface area is 110 Å². The molecule has 0 aromatic heterocycles. The molecular weight excluding hydrogens is 224 g/mol. The number of hydrogen-bond acceptors (Lipinski definition) is 2. The van der Waals surface area contributed by atoms with E-state index in [2.05, 4.69) is 30.9 Å². The summed E-state index contributed by atoms with van der Waals surface area (Å²) >= 11 is 0. The van der Waals surface area contributed by atoms with Gasteiger partial charge in [0.2, 0.25) is 5.91 Å². The van der Waals surface area contributed by atoms with Gasteiger partial charge < -0.3 is 10.6 Å². The molecule has 0 aromatic carbocycles. The van der Waals surface area contributed by atoms with Gasteiger partial charge >= 0.3 is 0 Å². The molecule has 2 aliphatic carbocycles. The molecule has 2 N–H and O–H groups in total. The lowest BCUT2D eigenvalue weighted by Crippen LogP contribution is -2.41. The number of hydrogen-bond donors (Lipinski definition) is 1. The fourth-order valence-electron chi connectivity index (χ4n) is 3.81. The van der Waals surface area contributed by atoms with Crippen LogP contribution in [0.1, 0.15) is 39.5 Å². The summed E-state index contributed by atoms with van der Waals surface area (Å²) < 4.78 is 0. The lowest BCUT2D eigenvalue weighted by molar-refractivity contribution is -0.129. The number of primary amides is 1. The predicted molar refractivity (Wildman–Crippen MR) is 74.0 cm³/mol. The first-order valence-corrected chi connectivity index (χ1v) is 7.33. The Morgan fingerprint density at radius 3 is 2.56 bits per heavy atom. The predicted octanol–water partition coefficient (Wildman–Crippen LogP) is 2.18. The molecule has 3 heteroatoms. The van der Waals surface area contributed by atoms with Gasteiger partial charge in [-0.15, -0.1) is 0 Å². The molecule has 0 aliphatic heterocycles. The van der Waals surface area contributed by atoms with Crippen molar-refractivity contribution in [1.82, 2.24) is 4.90 Å². The molecule has 0 unspecified atom stereocenters. The first-order valence-electron chi connectivity index (χ1n) is 7.33. The van der Waals surface area contributed by atoms with E-state index in [1.165, 1.54) is 0 Å². The molecule has 1 amide bonds. The van der Waals surface area contributed by atoms with Gasteiger partial charge in [0.25, 0.3) is 0 Å². The van der Waals surface area contributed by atoms with Crippen molar-refractivity contribution in [3.63, 3.8) is 0 Å². The van der Waals surface area contributed by atoms with Crippen LogP contribution in [0, 0.1) is 17.3 Å². The summed E-state index contributed by atoms with van der Waals surface area (Å²) in [4.78, 5) is 14.3. The first-order chi connectivity index (χ1) is 8.62. The third kappa shape index (κ3) is 2.33. The topological polar surface area (TPSA) is 46.3 Å². The summed E-state index contributed by atoms with van der Waals surface area (Å²) in [6, 6.07) is 0. The van der Waals surface area contributed by atoms with Crippen molar-refractivity contribution >= 4 is 5.91 Å². The van der Waals surface area contributed by atoms with Gasteiger partial charge in [0.05, 0.1) is 5.41 Å². The SMILES string of the molecule is CCN(CC)CCC[C@]1(C(N)=O)C[C@H]2C=C[C@H]1C2. The average molecular weight is 250 g/mol. The van der Waals surface area contributed by atoms with Crippen molar-refractivity contribution in [1.29, 1.82) is 0 Å². The highest BCUT2D eigenvalue weighted by Crippen LogP contribution is 2.54. The molecule has 2 aliphatic rings. The molecule has 0 spiro atoms. The molecule has 0 heterocycles. The second-order valence-electron chi connectivity index (χ2n) is 5.84. The fraction of sp³-hybridized carbons (Fsp3) is 0.800. The zero-order chi connectivity index (χ0) is 13.2. The van der Waals surface area contributed by atoms with Gasteiger partial charge in [0, 0.05) is 0 Å². The van der Waals surface area contributed by atoms with E-state index in [0.717, 1.165) is 45.3 Å². The summed E-state index contributed by atoms with van der Waals surface area (Å²) in [6.07, 6.45) is 8.69. The van der Waals surface area contributed by atoms with Gasteiger partial charge in [0.1, 0.15) is 0 Å². The zero-order valence-corrected chi connectivity index (χ0v) is 11.7. The van der Waals surface area contributed by atoms with E-state index < -0.39 is 0 Å². The highest BCUT2D eigenvalue weighted by molar-refractivity contribution is 5.82. The molecule has 3 nitrogen and oxygen atoms in total. The third-order valence-corrected chi connectivity index (χ3v) is 4.99. The minimum Gasteiger partial charge on any atom is -0.369 e. The van der Waals surface area contributed by atoms with Crippen LogP contribution in [-0.2, 0) is 4.79 Å². The van der Waals surface area contributed by atoms with Crippen LogP contribution in [0.5, 0.6) is 0 Å². The maximum Gasteiger partial charge on any atom is 0.224 e. The summed E-state index contributed by atoms with van der Waals surface area (Å²) in [5.74, 6) is 0.951. The minimum atomic E-state index is -0.230. The van der Waals surface area contributed by atoms with Crippen LogP contribution in [0.3, 0.4) is 0 Å². The van der Waals surface area contributed by atoms with Gasteiger partial charge in [-0.2, -0.15) is 0 Å². The van der Waals surface area contributed by atoms with Crippen LogP contribution in [0.2, 0.25) is 0 Å². The maximum absolute atomic E-state index is 11.9. The number of rotatable bonds is 7. The van der Waals surface area contributed by atoms with Gasteiger partial charge in [-0.1, -0.05) is 26.0 Å². The molecule has 3 atom stereocenters. The molecule has 102 valence electrons. The molecule has 1 saturated carbocycles. The Bertz CT molecular complexity index is 335. The zero-order valence-electron chi connectivity index (χ0n) is 11.7. The monoisotopic (exact) mass is 250 g/mol. The van der Waals surface area contributed by atoms with Crippen molar-refractivity contribution in [2.45, 2.75) is 39.5 Å². The molecule has 0 saturated heterocycles. The number of nitrogens with two attached hydrogens (primary N) is 1. The van der Waals surface area contributed by atoms with E-state index in [0.29, 0.717) is 11.8 Å². The summed E-state index contributed by atoms with van der Waals surface area (Å²) in [5, 5.41) is 0. The Kier molecular flexibility index (Phi) is 4.10. The van der Waals surface area contributed by atoms with Gasteiger partial charge in [-0.25, -0.2) is 0 Å². The van der Waals surface area contributed by atoms with Crippen LogP contribution in [0.25, 0.3) is 0 Å². The molecule has 0 radical (unpaired) electrons. The highest BCUT2D eigenvalue weighted by atomic mass is 16.1. The van der Waals surface area contributed by atoms with E-state index in [1.807, 2.05) is 0 Å². The van der Waals surface area contributed by atoms with Crippen molar-refractivity contribution in [3.8, 4) is 0 Å². The second kappa shape index (κ2) is 5.43. The molecule has 1 fully saturated rings. The average Bonchev–Trinajstić information content (AvgIpc) is 2.95. The summed E-state index contributed by atoms with van der Waals surface area (Å²) in [5.41, 5.74) is 5.49. The van der Waals surface area contributed by atoms with E-state index in [4.69, 9.17) is 5.73 Å². The second-order valence-corrected chi connectivity index (χ2v) is 5.84. The van der Waals surface area contributed by atoms with Gasteiger partial charge in [0.15, 0.2) is 0 Å². The molecule has 0 aromatic rings. The lowest BCUT2D eigenvalue weighted by atomic mass is 9.72. The van der Waals surface area contributed by atoms with Crippen LogP contribution in [-0.4, -0.2) is 30.4 Å². The molecule has 2 rings (SSSR count). The number of fused-ring (bicyclic) bond motifs is 2. The van der Waals surface area contributed by atoms with Crippen LogP contribution < -0.4 is 5.73 Å². The minimum absolute atomic E-state index is 0.0705. The number of carbonyl (C=O) groups excluding carboxylic acids is 1. The fourth-order valence-corrected chi connectivity index (χ4v) is 3.81. The van der Waals surface area contributed by atoms with Gasteiger partial charge in [-0.3, -0.25) is 4.79 Å². The Morgan fingerprint density at radius 1 is 1.39 bits per heavy atom. The highest BCUT2D eigenvalue weighted by Gasteiger charge is 2.51. The van der Waals surface area contributed by atoms with E-state index in [9.17, 15) is 4.79 Å². The van der Waals surface area contributed by atoms with Crippen LogP contribution in [0.15, 0.2) is 12.2 Å².